The molecule has 0 radical (unpaired) electrons. The smallest absolute Gasteiger partial charge is 0.212 e. The maximum absolute atomic E-state index is 12.1. The van der Waals surface area contributed by atoms with E-state index in [1.165, 1.54) is 0 Å². The van der Waals surface area contributed by atoms with Gasteiger partial charge in [0, 0.05) is 30.0 Å². The summed E-state index contributed by atoms with van der Waals surface area (Å²) in [5.74, 6) is 1.52. The molecule has 96 valence electrons. The number of nitrogens with zero attached hydrogens (tertiary/aromatic N) is 1. The summed E-state index contributed by atoms with van der Waals surface area (Å²) in [5, 5.41) is 0.454. The number of sulfonamides is 1. The lowest BCUT2D eigenvalue weighted by atomic mass is 10.3. The molecule has 0 amide bonds. The minimum absolute atomic E-state index is 0.0290. The highest BCUT2D eigenvalue weighted by Gasteiger charge is 2.29. The molecule has 0 saturated carbocycles. The topological polar surface area (TPSA) is 37.4 Å². The molecular weight excluding hydrogens is 266 g/mol. The van der Waals surface area contributed by atoms with Gasteiger partial charge in [-0.25, -0.2) is 8.42 Å². The molecule has 0 N–H and O–H groups in total. The van der Waals surface area contributed by atoms with Crippen LogP contribution in [0.4, 0.5) is 0 Å². The van der Waals surface area contributed by atoms with Crippen LogP contribution >= 0.6 is 23.4 Å². The lowest BCUT2D eigenvalue weighted by Gasteiger charge is -2.31. The molecule has 0 aliphatic carbocycles. The quantitative estimate of drug-likeness (QED) is 0.725. The van der Waals surface area contributed by atoms with Crippen LogP contribution in [0, 0.1) is 5.92 Å². The van der Waals surface area contributed by atoms with Crippen molar-refractivity contribution in [2.24, 2.45) is 5.92 Å². The first-order valence-corrected chi connectivity index (χ1v) is 8.84. The number of hydrogen-bond donors (Lipinski definition) is 0. The molecule has 1 rings (SSSR count). The third-order valence-electron chi connectivity index (χ3n) is 2.71. The maximum atomic E-state index is 12.1. The van der Waals surface area contributed by atoms with Crippen LogP contribution in [0.15, 0.2) is 0 Å². The second-order valence-electron chi connectivity index (χ2n) is 4.30. The second-order valence-corrected chi connectivity index (χ2v) is 8.03. The molecule has 2 atom stereocenters. The summed E-state index contributed by atoms with van der Waals surface area (Å²) >= 11 is 7.54. The SMILES string of the molecule is CCC1CN(S(=O)(=O)CC(C)CCl)CCS1. The third-order valence-corrected chi connectivity index (χ3v) is 6.72. The molecule has 6 heteroatoms. The summed E-state index contributed by atoms with van der Waals surface area (Å²) in [7, 11) is -3.10. The average molecular weight is 286 g/mol. The molecule has 0 aromatic rings. The molecule has 1 aliphatic rings. The summed E-state index contributed by atoms with van der Waals surface area (Å²) in [5.41, 5.74) is 0. The minimum atomic E-state index is -3.10. The van der Waals surface area contributed by atoms with Gasteiger partial charge in [-0.05, 0) is 12.3 Å². The van der Waals surface area contributed by atoms with Crippen molar-refractivity contribution in [3.05, 3.63) is 0 Å². The zero-order valence-corrected chi connectivity index (χ0v) is 12.2. The fourth-order valence-corrected chi connectivity index (χ4v) is 5.15. The Bertz CT molecular complexity index is 308. The van der Waals surface area contributed by atoms with Crippen LogP contribution in [0.2, 0.25) is 0 Å². The van der Waals surface area contributed by atoms with Gasteiger partial charge in [-0.1, -0.05) is 13.8 Å². The number of rotatable bonds is 5. The van der Waals surface area contributed by atoms with Gasteiger partial charge < -0.3 is 0 Å². The number of halogens is 1. The van der Waals surface area contributed by atoms with Gasteiger partial charge in [0.15, 0.2) is 0 Å². The Morgan fingerprint density at radius 1 is 1.56 bits per heavy atom. The first-order valence-electron chi connectivity index (χ1n) is 5.65. The number of alkyl halides is 1. The zero-order chi connectivity index (χ0) is 12.2. The molecule has 3 nitrogen and oxygen atoms in total. The van der Waals surface area contributed by atoms with Crippen LogP contribution in [0.5, 0.6) is 0 Å². The zero-order valence-electron chi connectivity index (χ0n) is 9.86. The fourth-order valence-electron chi connectivity index (χ4n) is 1.70. The number of thioether (sulfide) groups is 1. The van der Waals surface area contributed by atoms with Crippen molar-refractivity contribution in [3.63, 3.8) is 0 Å². The predicted molar refractivity (Wildman–Crippen MR) is 71.8 cm³/mol. The van der Waals surface area contributed by atoms with Gasteiger partial charge in [0.1, 0.15) is 0 Å². The Balaban J connectivity index is 2.61. The van der Waals surface area contributed by atoms with Crippen LogP contribution in [0.3, 0.4) is 0 Å². The van der Waals surface area contributed by atoms with Crippen LogP contribution in [0.1, 0.15) is 20.3 Å². The van der Waals surface area contributed by atoms with E-state index in [2.05, 4.69) is 6.92 Å². The van der Waals surface area contributed by atoms with Crippen molar-refractivity contribution in [2.75, 3.05) is 30.5 Å². The van der Waals surface area contributed by atoms with Gasteiger partial charge in [0.2, 0.25) is 10.0 Å². The lowest BCUT2D eigenvalue weighted by Crippen LogP contribution is -2.43. The van der Waals surface area contributed by atoms with Gasteiger partial charge in [0.05, 0.1) is 5.75 Å². The largest absolute Gasteiger partial charge is 0.214 e. The summed E-state index contributed by atoms with van der Waals surface area (Å²) in [6.45, 7) is 5.30. The van der Waals surface area contributed by atoms with Crippen LogP contribution in [-0.4, -0.2) is 48.4 Å². The van der Waals surface area contributed by atoms with E-state index < -0.39 is 10.0 Å². The summed E-state index contributed by atoms with van der Waals surface area (Å²) in [6, 6.07) is 0. The van der Waals surface area contributed by atoms with Crippen molar-refractivity contribution in [1.29, 1.82) is 0 Å². The fraction of sp³-hybridized carbons (Fsp3) is 1.00. The molecule has 0 aromatic carbocycles. The molecule has 1 fully saturated rings. The monoisotopic (exact) mass is 285 g/mol. The Morgan fingerprint density at radius 3 is 2.81 bits per heavy atom. The summed E-state index contributed by atoms with van der Waals surface area (Å²) < 4.78 is 25.8. The molecule has 1 heterocycles. The van der Waals surface area contributed by atoms with E-state index in [4.69, 9.17) is 11.6 Å². The highest BCUT2D eigenvalue weighted by molar-refractivity contribution is 8.00. The molecular formula is C10H20ClNO2S2. The van der Waals surface area contributed by atoms with Crippen molar-refractivity contribution in [1.82, 2.24) is 4.31 Å². The van der Waals surface area contributed by atoms with E-state index in [0.717, 1.165) is 12.2 Å². The summed E-state index contributed by atoms with van der Waals surface area (Å²) in [6.07, 6.45) is 1.03. The number of hydrogen-bond acceptors (Lipinski definition) is 3. The summed E-state index contributed by atoms with van der Waals surface area (Å²) in [4.78, 5) is 0. The van der Waals surface area contributed by atoms with E-state index >= 15 is 0 Å². The average Bonchev–Trinajstić information content (AvgIpc) is 2.28. The third kappa shape index (κ3) is 4.09. The molecule has 1 saturated heterocycles. The predicted octanol–water partition coefficient (Wildman–Crippen LogP) is 2.02. The molecule has 16 heavy (non-hydrogen) atoms. The first-order chi connectivity index (χ1) is 7.49. The minimum Gasteiger partial charge on any atom is -0.212 e. The Hall–Kier alpha value is 0.550. The maximum Gasteiger partial charge on any atom is 0.214 e. The van der Waals surface area contributed by atoms with Crippen molar-refractivity contribution in [3.8, 4) is 0 Å². The Morgan fingerprint density at radius 2 is 2.25 bits per heavy atom. The molecule has 1 aliphatic heterocycles. The molecule has 0 bridgehead atoms. The lowest BCUT2D eigenvalue weighted by molar-refractivity contribution is 0.412. The highest BCUT2D eigenvalue weighted by atomic mass is 35.5. The van der Waals surface area contributed by atoms with E-state index in [0.29, 0.717) is 24.2 Å². The van der Waals surface area contributed by atoms with E-state index in [1.54, 1.807) is 4.31 Å². The van der Waals surface area contributed by atoms with Crippen LogP contribution in [-0.2, 0) is 10.0 Å². The highest BCUT2D eigenvalue weighted by Crippen LogP contribution is 2.23. The van der Waals surface area contributed by atoms with Crippen molar-refractivity contribution in [2.45, 2.75) is 25.5 Å². The Labute approximate surface area is 108 Å². The second kappa shape index (κ2) is 6.47. The van der Waals surface area contributed by atoms with E-state index in [-0.39, 0.29) is 11.7 Å². The van der Waals surface area contributed by atoms with Gasteiger partial charge in [-0.2, -0.15) is 16.1 Å². The van der Waals surface area contributed by atoms with Crippen molar-refractivity contribution >= 4 is 33.4 Å². The van der Waals surface area contributed by atoms with E-state index in [9.17, 15) is 8.42 Å². The molecule has 0 spiro atoms. The van der Waals surface area contributed by atoms with Crippen LogP contribution < -0.4 is 0 Å². The normalized spacial score (nSPS) is 25.6. The molecule has 2 unspecified atom stereocenters. The van der Waals surface area contributed by atoms with Gasteiger partial charge in [-0.15, -0.1) is 11.6 Å². The van der Waals surface area contributed by atoms with E-state index in [1.807, 2.05) is 18.7 Å². The van der Waals surface area contributed by atoms with Crippen molar-refractivity contribution < 1.29 is 8.42 Å². The van der Waals surface area contributed by atoms with Gasteiger partial charge in [0.25, 0.3) is 0 Å². The van der Waals surface area contributed by atoms with Crippen LogP contribution in [0.25, 0.3) is 0 Å². The Kier molecular flexibility index (Phi) is 5.91. The first kappa shape index (κ1) is 14.6. The van der Waals surface area contributed by atoms with Gasteiger partial charge in [-0.3, -0.25) is 0 Å². The van der Waals surface area contributed by atoms with Gasteiger partial charge >= 0.3 is 0 Å². The molecule has 0 aromatic heterocycles. The standard InChI is InChI=1S/C10H20ClNO2S2/c1-3-10-7-12(4-5-15-10)16(13,14)8-9(2)6-11/h9-10H,3-8H2,1-2H3.